The van der Waals surface area contributed by atoms with Gasteiger partial charge in [0.1, 0.15) is 0 Å². The molecule has 0 aliphatic carbocycles. The maximum atomic E-state index is 12.0. The lowest BCUT2D eigenvalue weighted by molar-refractivity contribution is -0.126. The van der Waals surface area contributed by atoms with Gasteiger partial charge in [-0.3, -0.25) is 9.78 Å². The fraction of sp³-hybridized carbons (Fsp3) is 0.538. The van der Waals surface area contributed by atoms with E-state index in [4.69, 9.17) is 0 Å². The van der Waals surface area contributed by atoms with Crippen LogP contribution in [0, 0.1) is 5.92 Å². The summed E-state index contributed by atoms with van der Waals surface area (Å²) in [5, 5.41) is 6.31. The van der Waals surface area contributed by atoms with E-state index in [0.29, 0.717) is 12.6 Å². The lowest BCUT2D eigenvalue weighted by Gasteiger charge is -2.27. The molecule has 1 amide bonds. The Balaban J connectivity index is 1.81. The summed E-state index contributed by atoms with van der Waals surface area (Å²) in [7, 11) is 0. The zero-order valence-corrected chi connectivity index (χ0v) is 10.1. The van der Waals surface area contributed by atoms with Gasteiger partial charge in [-0.2, -0.15) is 0 Å². The number of rotatable bonds is 3. The van der Waals surface area contributed by atoms with Crippen LogP contribution in [0.1, 0.15) is 25.5 Å². The smallest absolute Gasteiger partial charge is 0.223 e. The Bertz CT molecular complexity index is 366. The van der Waals surface area contributed by atoms with E-state index in [-0.39, 0.29) is 11.8 Å². The molecule has 1 aromatic rings. The van der Waals surface area contributed by atoms with Gasteiger partial charge in [0.05, 0.1) is 12.2 Å². The maximum absolute atomic E-state index is 12.0. The number of aromatic nitrogens is 1. The third-order valence-corrected chi connectivity index (χ3v) is 3.16. The van der Waals surface area contributed by atoms with Crippen LogP contribution in [0.25, 0.3) is 0 Å². The second kappa shape index (κ2) is 5.77. The fourth-order valence-corrected chi connectivity index (χ4v) is 2.19. The second-order valence-electron chi connectivity index (χ2n) is 4.62. The molecule has 0 bridgehead atoms. The van der Waals surface area contributed by atoms with E-state index in [1.807, 2.05) is 18.2 Å². The molecular formula is C13H19N3O. The predicted octanol–water partition coefficient (Wildman–Crippen LogP) is 1.09. The van der Waals surface area contributed by atoms with Crippen LogP contribution in [0.15, 0.2) is 24.4 Å². The number of piperidine rings is 1. The normalized spacial score (nSPS) is 24.3. The van der Waals surface area contributed by atoms with Crippen molar-refractivity contribution in [3.8, 4) is 0 Å². The molecule has 2 atom stereocenters. The van der Waals surface area contributed by atoms with E-state index in [1.54, 1.807) is 6.20 Å². The van der Waals surface area contributed by atoms with Crippen molar-refractivity contribution in [2.45, 2.75) is 32.4 Å². The Morgan fingerprint density at radius 3 is 3.18 bits per heavy atom. The molecule has 1 aromatic heterocycles. The molecule has 17 heavy (non-hydrogen) atoms. The van der Waals surface area contributed by atoms with Crippen molar-refractivity contribution in [1.29, 1.82) is 0 Å². The van der Waals surface area contributed by atoms with Gasteiger partial charge in [0, 0.05) is 18.2 Å². The molecule has 2 heterocycles. The van der Waals surface area contributed by atoms with Gasteiger partial charge in [0.15, 0.2) is 0 Å². The van der Waals surface area contributed by atoms with Gasteiger partial charge in [-0.1, -0.05) is 6.07 Å². The Morgan fingerprint density at radius 1 is 1.59 bits per heavy atom. The highest BCUT2D eigenvalue weighted by Crippen LogP contribution is 2.16. The number of hydrogen-bond donors (Lipinski definition) is 2. The van der Waals surface area contributed by atoms with Crippen molar-refractivity contribution < 1.29 is 4.79 Å². The Hall–Kier alpha value is -1.42. The molecule has 1 fully saturated rings. The molecule has 4 heteroatoms. The van der Waals surface area contributed by atoms with Gasteiger partial charge >= 0.3 is 0 Å². The van der Waals surface area contributed by atoms with Crippen LogP contribution in [-0.4, -0.2) is 23.5 Å². The van der Waals surface area contributed by atoms with Gasteiger partial charge in [-0.25, -0.2) is 0 Å². The largest absolute Gasteiger partial charge is 0.350 e. The molecule has 0 radical (unpaired) electrons. The van der Waals surface area contributed by atoms with Crippen LogP contribution in [0.5, 0.6) is 0 Å². The fourth-order valence-electron chi connectivity index (χ4n) is 2.19. The number of carbonyl (C=O) groups is 1. The summed E-state index contributed by atoms with van der Waals surface area (Å²) in [6, 6.07) is 6.17. The highest BCUT2D eigenvalue weighted by atomic mass is 16.1. The quantitative estimate of drug-likeness (QED) is 0.821. The predicted molar refractivity (Wildman–Crippen MR) is 66.3 cm³/mol. The molecule has 1 aliphatic rings. The van der Waals surface area contributed by atoms with Crippen LogP contribution >= 0.6 is 0 Å². The van der Waals surface area contributed by atoms with Gasteiger partial charge in [0.2, 0.25) is 5.91 Å². The highest BCUT2D eigenvalue weighted by molar-refractivity contribution is 5.78. The molecule has 0 unspecified atom stereocenters. The monoisotopic (exact) mass is 233 g/mol. The van der Waals surface area contributed by atoms with Crippen LogP contribution < -0.4 is 10.6 Å². The zero-order chi connectivity index (χ0) is 12.1. The number of nitrogens with zero attached hydrogens (tertiary/aromatic N) is 1. The summed E-state index contributed by atoms with van der Waals surface area (Å²) in [5.74, 6) is 0.305. The lowest BCUT2D eigenvalue weighted by atomic mass is 9.92. The van der Waals surface area contributed by atoms with E-state index in [9.17, 15) is 4.79 Å². The topological polar surface area (TPSA) is 54.0 Å². The van der Waals surface area contributed by atoms with E-state index in [0.717, 1.165) is 25.1 Å². The summed E-state index contributed by atoms with van der Waals surface area (Å²) in [6.45, 7) is 3.58. The molecule has 92 valence electrons. The average Bonchev–Trinajstić information content (AvgIpc) is 2.37. The first kappa shape index (κ1) is 12.0. The van der Waals surface area contributed by atoms with Crippen molar-refractivity contribution in [2.24, 2.45) is 5.92 Å². The van der Waals surface area contributed by atoms with Gasteiger partial charge < -0.3 is 10.6 Å². The SMILES string of the molecule is C[C@H]1C[C@@H](C(=O)NCc2ccccn2)CCN1. The second-order valence-corrected chi connectivity index (χ2v) is 4.62. The minimum atomic E-state index is 0.148. The first-order valence-corrected chi connectivity index (χ1v) is 6.16. The number of carbonyl (C=O) groups excluding carboxylic acids is 1. The van der Waals surface area contributed by atoms with Gasteiger partial charge in [-0.15, -0.1) is 0 Å². The van der Waals surface area contributed by atoms with Crippen LogP contribution in [-0.2, 0) is 11.3 Å². The summed E-state index contributed by atoms with van der Waals surface area (Å²) in [4.78, 5) is 16.1. The number of amides is 1. The summed E-state index contributed by atoms with van der Waals surface area (Å²) in [6.07, 6.45) is 3.60. The molecule has 2 N–H and O–H groups in total. The number of nitrogens with one attached hydrogen (secondary N) is 2. The Morgan fingerprint density at radius 2 is 2.47 bits per heavy atom. The molecule has 0 spiro atoms. The summed E-state index contributed by atoms with van der Waals surface area (Å²) in [5.41, 5.74) is 0.905. The molecule has 4 nitrogen and oxygen atoms in total. The first-order chi connectivity index (χ1) is 8.25. The van der Waals surface area contributed by atoms with Crippen molar-refractivity contribution in [3.05, 3.63) is 30.1 Å². The van der Waals surface area contributed by atoms with Crippen molar-refractivity contribution >= 4 is 5.91 Å². The number of hydrogen-bond acceptors (Lipinski definition) is 3. The molecule has 2 rings (SSSR count). The first-order valence-electron chi connectivity index (χ1n) is 6.16. The zero-order valence-electron chi connectivity index (χ0n) is 10.1. The van der Waals surface area contributed by atoms with E-state index < -0.39 is 0 Å². The van der Waals surface area contributed by atoms with E-state index in [1.165, 1.54) is 0 Å². The van der Waals surface area contributed by atoms with Gasteiger partial charge in [0.25, 0.3) is 0 Å². The van der Waals surface area contributed by atoms with E-state index >= 15 is 0 Å². The lowest BCUT2D eigenvalue weighted by Crippen LogP contribution is -2.42. The third-order valence-electron chi connectivity index (χ3n) is 3.16. The van der Waals surface area contributed by atoms with Crippen molar-refractivity contribution in [1.82, 2.24) is 15.6 Å². The molecular weight excluding hydrogens is 214 g/mol. The highest BCUT2D eigenvalue weighted by Gasteiger charge is 2.24. The number of pyridine rings is 1. The molecule has 1 aliphatic heterocycles. The van der Waals surface area contributed by atoms with Crippen LogP contribution in [0.3, 0.4) is 0 Å². The minimum Gasteiger partial charge on any atom is -0.350 e. The average molecular weight is 233 g/mol. The third kappa shape index (κ3) is 3.53. The standard InChI is InChI=1S/C13H19N3O/c1-10-8-11(5-7-14-10)13(17)16-9-12-4-2-3-6-15-12/h2-4,6,10-11,14H,5,7-9H2,1H3,(H,16,17)/t10-,11-/m0/s1. The summed E-state index contributed by atoms with van der Waals surface area (Å²) >= 11 is 0. The van der Waals surface area contributed by atoms with Crippen molar-refractivity contribution in [3.63, 3.8) is 0 Å². The Kier molecular flexibility index (Phi) is 4.09. The Labute approximate surface area is 102 Å². The molecule has 0 saturated carbocycles. The molecule has 0 aromatic carbocycles. The van der Waals surface area contributed by atoms with E-state index in [2.05, 4.69) is 22.5 Å². The van der Waals surface area contributed by atoms with Gasteiger partial charge in [-0.05, 0) is 38.4 Å². The minimum absolute atomic E-state index is 0.148. The maximum Gasteiger partial charge on any atom is 0.223 e. The molecule has 1 saturated heterocycles. The summed E-state index contributed by atoms with van der Waals surface area (Å²) < 4.78 is 0. The van der Waals surface area contributed by atoms with Crippen molar-refractivity contribution in [2.75, 3.05) is 6.54 Å². The van der Waals surface area contributed by atoms with Crippen LogP contribution in [0.2, 0.25) is 0 Å². The van der Waals surface area contributed by atoms with Crippen LogP contribution in [0.4, 0.5) is 0 Å².